The number of halogens is 1. The Bertz CT molecular complexity index is 1200. The van der Waals surface area contributed by atoms with Crippen molar-refractivity contribution in [3.63, 3.8) is 0 Å². The SMILES string of the molecule is Cc1onc(-c2ccccc2Cl)c1C(=O)Nc1ccc(C2=CSC3=NCCN23)cc1. The molecule has 8 heteroatoms. The summed E-state index contributed by atoms with van der Waals surface area (Å²) in [6, 6.07) is 15.0. The topological polar surface area (TPSA) is 70.7 Å². The van der Waals surface area contributed by atoms with E-state index < -0.39 is 0 Å². The molecule has 0 saturated heterocycles. The lowest BCUT2D eigenvalue weighted by molar-refractivity contribution is 0.102. The molecule has 0 unspecified atom stereocenters. The highest BCUT2D eigenvalue weighted by molar-refractivity contribution is 8.16. The van der Waals surface area contributed by atoms with E-state index in [0.29, 0.717) is 33.3 Å². The smallest absolute Gasteiger partial charge is 0.261 e. The average Bonchev–Trinajstić information content (AvgIpc) is 3.45. The number of amidine groups is 1. The summed E-state index contributed by atoms with van der Waals surface area (Å²) in [6.07, 6.45) is 0. The molecule has 1 N–H and O–H groups in total. The highest BCUT2D eigenvalue weighted by Gasteiger charge is 2.27. The second-order valence-corrected chi connectivity index (χ2v) is 8.15. The number of hydrogen-bond donors (Lipinski definition) is 1. The van der Waals surface area contributed by atoms with Crippen LogP contribution in [0, 0.1) is 6.92 Å². The Morgan fingerprint density at radius 2 is 2.00 bits per heavy atom. The van der Waals surface area contributed by atoms with Gasteiger partial charge >= 0.3 is 0 Å². The molecular weight excluding hydrogens is 420 g/mol. The highest BCUT2D eigenvalue weighted by Crippen LogP contribution is 2.36. The maximum absolute atomic E-state index is 13.0. The predicted octanol–water partition coefficient (Wildman–Crippen LogP) is 5.27. The minimum atomic E-state index is -0.291. The molecule has 0 radical (unpaired) electrons. The summed E-state index contributed by atoms with van der Waals surface area (Å²) in [5, 5.41) is 10.7. The van der Waals surface area contributed by atoms with Crippen LogP contribution in [-0.4, -0.2) is 34.2 Å². The van der Waals surface area contributed by atoms with E-state index in [9.17, 15) is 4.79 Å². The molecule has 0 saturated carbocycles. The predicted molar refractivity (Wildman–Crippen MR) is 121 cm³/mol. The van der Waals surface area contributed by atoms with Crippen molar-refractivity contribution < 1.29 is 9.32 Å². The van der Waals surface area contributed by atoms with Gasteiger partial charge in [0.1, 0.15) is 17.0 Å². The summed E-state index contributed by atoms with van der Waals surface area (Å²) in [4.78, 5) is 19.7. The van der Waals surface area contributed by atoms with Gasteiger partial charge in [-0.1, -0.05) is 58.9 Å². The second kappa shape index (κ2) is 7.66. The lowest BCUT2D eigenvalue weighted by Gasteiger charge is -2.17. The molecule has 1 amide bonds. The lowest BCUT2D eigenvalue weighted by atomic mass is 10.1. The molecule has 2 aliphatic rings. The normalized spacial score (nSPS) is 15.1. The second-order valence-electron chi connectivity index (χ2n) is 6.91. The van der Waals surface area contributed by atoms with Gasteiger partial charge in [-0.15, -0.1) is 0 Å². The van der Waals surface area contributed by atoms with Crippen molar-refractivity contribution in [2.45, 2.75) is 6.92 Å². The molecular formula is C22H17ClN4O2S. The third-order valence-corrected chi connectivity index (χ3v) is 6.26. The monoisotopic (exact) mass is 436 g/mol. The fourth-order valence-electron chi connectivity index (χ4n) is 3.54. The summed E-state index contributed by atoms with van der Waals surface area (Å²) in [5.74, 6) is 0.147. The molecule has 1 aromatic heterocycles. The minimum Gasteiger partial charge on any atom is -0.360 e. The van der Waals surface area contributed by atoms with Crippen LogP contribution in [0.3, 0.4) is 0 Å². The quantitative estimate of drug-likeness (QED) is 0.603. The summed E-state index contributed by atoms with van der Waals surface area (Å²) in [7, 11) is 0. The third kappa shape index (κ3) is 3.30. The zero-order chi connectivity index (χ0) is 20.7. The van der Waals surface area contributed by atoms with Crippen molar-refractivity contribution in [2.75, 3.05) is 18.4 Å². The largest absolute Gasteiger partial charge is 0.360 e. The van der Waals surface area contributed by atoms with Crippen molar-refractivity contribution in [3.8, 4) is 11.3 Å². The summed E-state index contributed by atoms with van der Waals surface area (Å²) in [6.45, 7) is 3.45. The first kappa shape index (κ1) is 19.0. The van der Waals surface area contributed by atoms with Gasteiger partial charge in [-0.3, -0.25) is 9.79 Å². The number of anilines is 1. The minimum absolute atomic E-state index is 0.291. The fraction of sp³-hybridized carbons (Fsp3) is 0.136. The van der Waals surface area contributed by atoms with Crippen LogP contribution in [0.4, 0.5) is 5.69 Å². The molecule has 0 atom stereocenters. The number of thioether (sulfide) groups is 1. The molecule has 3 heterocycles. The van der Waals surface area contributed by atoms with Crippen LogP contribution in [-0.2, 0) is 0 Å². The summed E-state index contributed by atoms with van der Waals surface area (Å²) in [5.41, 5.74) is 4.39. The van der Waals surface area contributed by atoms with Gasteiger partial charge in [0.2, 0.25) is 0 Å². The van der Waals surface area contributed by atoms with Crippen molar-refractivity contribution in [3.05, 3.63) is 75.8 Å². The van der Waals surface area contributed by atoms with Crippen LogP contribution in [0.1, 0.15) is 21.7 Å². The zero-order valence-electron chi connectivity index (χ0n) is 16.1. The van der Waals surface area contributed by atoms with Crippen molar-refractivity contribution in [1.29, 1.82) is 0 Å². The van der Waals surface area contributed by atoms with E-state index in [-0.39, 0.29) is 5.91 Å². The van der Waals surface area contributed by atoms with Gasteiger partial charge in [0.25, 0.3) is 5.91 Å². The Hall–Kier alpha value is -3.03. The van der Waals surface area contributed by atoms with Gasteiger partial charge in [0.15, 0.2) is 5.17 Å². The number of carbonyl (C=O) groups excluding carboxylic acids is 1. The Morgan fingerprint density at radius 3 is 2.80 bits per heavy atom. The van der Waals surface area contributed by atoms with Gasteiger partial charge in [0, 0.05) is 23.2 Å². The van der Waals surface area contributed by atoms with E-state index in [0.717, 1.165) is 29.5 Å². The number of fused-ring (bicyclic) bond motifs is 1. The fourth-order valence-corrected chi connectivity index (χ4v) is 4.73. The Labute approximate surface area is 182 Å². The maximum Gasteiger partial charge on any atom is 0.261 e. The molecule has 5 rings (SSSR count). The lowest BCUT2D eigenvalue weighted by Crippen LogP contribution is -2.19. The van der Waals surface area contributed by atoms with Crippen LogP contribution >= 0.6 is 23.4 Å². The van der Waals surface area contributed by atoms with Gasteiger partial charge in [-0.25, -0.2) is 0 Å². The van der Waals surface area contributed by atoms with Gasteiger partial charge in [-0.05, 0) is 30.7 Å². The van der Waals surface area contributed by atoms with Gasteiger partial charge in [-0.2, -0.15) is 0 Å². The Morgan fingerprint density at radius 1 is 1.20 bits per heavy atom. The van der Waals surface area contributed by atoms with Crippen LogP contribution in [0.15, 0.2) is 63.5 Å². The van der Waals surface area contributed by atoms with Gasteiger partial charge < -0.3 is 14.7 Å². The van der Waals surface area contributed by atoms with E-state index in [1.165, 1.54) is 0 Å². The standard InChI is InChI=1S/C22H17ClN4O2S/c1-13-19(20(26-29-13)16-4-2-3-5-17(16)23)21(28)25-15-8-6-14(7-9-15)18-12-30-22-24-10-11-27(18)22/h2-9,12H,10-11H2,1H3,(H,25,28). The van der Waals surface area contributed by atoms with E-state index in [1.807, 2.05) is 42.5 Å². The molecule has 0 spiro atoms. The first-order valence-corrected chi connectivity index (χ1v) is 10.7. The third-order valence-electron chi connectivity index (χ3n) is 5.03. The number of aryl methyl sites for hydroxylation is 1. The van der Waals surface area contributed by atoms with E-state index in [2.05, 4.69) is 25.8 Å². The average molecular weight is 437 g/mol. The number of amides is 1. The molecule has 0 aliphatic carbocycles. The van der Waals surface area contributed by atoms with E-state index >= 15 is 0 Å². The first-order valence-electron chi connectivity index (χ1n) is 9.43. The molecule has 6 nitrogen and oxygen atoms in total. The Kier molecular flexibility index (Phi) is 4.84. The zero-order valence-corrected chi connectivity index (χ0v) is 17.6. The van der Waals surface area contributed by atoms with Crippen LogP contribution in [0.5, 0.6) is 0 Å². The molecule has 2 aromatic carbocycles. The van der Waals surface area contributed by atoms with E-state index in [4.69, 9.17) is 16.1 Å². The molecule has 3 aromatic rings. The number of carbonyl (C=O) groups is 1. The number of aromatic nitrogens is 1. The number of benzene rings is 2. The summed E-state index contributed by atoms with van der Waals surface area (Å²) < 4.78 is 5.29. The number of hydrogen-bond acceptors (Lipinski definition) is 6. The number of aliphatic imine (C=N–C) groups is 1. The van der Waals surface area contributed by atoms with Crippen LogP contribution in [0.25, 0.3) is 17.0 Å². The van der Waals surface area contributed by atoms with Crippen molar-refractivity contribution in [2.24, 2.45) is 4.99 Å². The number of rotatable bonds is 4. The molecule has 0 bridgehead atoms. The highest BCUT2D eigenvalue weighted by atomic mass is 35.5. The molecule has 2 aliphatic heterocycles. The maximum atomic E-state index is 13.0. The van der Waals surface area contributed by atoms with Crippen molar-refractivity contribution in [1.82, 2.24) is 10.1 Å². The van der Waals surface area contributed by atoms with Crippen LogP contribution in [0.2, 0.25) is 5.02 Å². The number of nitrogens with zero attached hydrogens (tertiary/aromatic N) is 3. The number of nitrogens with one attached hydrogen (secondary N) is 1. The van der Waals surface area contributed by atoms with E-state index in [1.54, 1.807) is 24.8 Å². The summed E-state index contributed by atoms with van der Waals surface area (Å²) >= 11 is 7.94. The molecule has 150 valence electrons. The molecule has 30 heavy (non-hydrogen) atoms. The van der Waals surface area contributed by atoms with Crippen molar-refractivity contribution >= 4 is 45.8 Å². The van der Waals surface area contributed by atoms with Crippen LogP contribution < -0.4 is 5.32 Å². The molecule has 0 fully saturated rings. The van der Waals surface area contributed by atoms with Gasteiger partial charge in [0.05, 0.1) is 17.3 Å². The first-order chi connectivity index (χ1) is 14.6. The Balaban J connectivity index is 1.37.